The monoisotopic (exact) mass is 177 g/mol. The quantitative estimate of drug-likeness (QED) is 0.547. The second-order valence-electron chi connectivity index (χ2n) is 2.94. The van der Waals surface area contributed by atoms with Gasteiger partial charge in [0.05, 0.1) is 12.2 Å². The Morgan fingerprint density at radius 3 is 2.92 bits per heavy atom. The molecule has 0 amide bonds. The molecule has 0 saturated heterocycles. The minimum atomic E-state index is 0.741. The largest absolute Gasteiger partial charge is 0.302 e. The van der Waals surface area contributed by atoms with E-state index in [9.17, 15) is 0 Å². The van der Waals surface area contributed by atoms with Crippen LogP contribution in [0.2, 0.25) is 0 Å². The molecular formula is C10H15N3. The van der Waals surface area contributed by atoms with Crippen LogP contribution in [0, 0.1) is 18.8 Å². The molecule has 0 unspecified atom stereocenters. The SMILES string of the molecule is CC#CCNCc1cn(C)nc1C. The number of nitrogens with zero attached hydrogens (tertiary/aromatic N) is 2. The van der Waals surface area contributed by atoms with Gasteiger partial charge in [-0.25, -0.2) is 0 Å². The van der Waals surface area contributed by atoms with Crippen molar-refractivity contribution in [1.29, 1.82) is 0 Å². The van der Waals surface area contributed by atoms with Crippen LogP contribution in [0.1, 0.15) is 18.2 Å². The van der Waals surface area contributed by atoms with Gasteiger partial charge in [0.15, 0.2) is 0 Å². The summed E-state index contributed by atoms with van der Waals surface area (Å²) in [6, 6.07) is 0. The van der Waals surface area contributed by atoms with Crippen molar-refractivity contribution >= 4 is 0 Å². The summed E-state index contributed by atoms with van der Waals surface area (Å²) in [4.78, 5) is 0. The van der Waals surface area contributed by atoms with Crippen LogP contribution in [0.4, 0.5) is 0 Å². The zero-order chi connectivity index (χ0) is 9.68. The van der Waals surface area contributed by atoms with Crippen LogP contribution >= 0.6 is 0 Å². The van der Waals surface area contributed by atoms with Gasteiger partial charge in [-0.2, -0.15) is 5.10 Å². The molecule has 1 aromatic heterocycles. The normalized spacial score (nSPS) is 9.46. The Morgan fingerprint density at radius 2 is 2.38 bits per heavy atom. The number of hydrogen-bond donors (Lipinski definition) is 1. The molecule has 0 radical (unpaired) electrons. The van der Waals surface area contributed by atoms with Gasteiger partial charge in [-0.3, -0.25) is 4.68 Å². The molecule has 0 fully saturated rings. The summed E-state index contributed by atoms with van der Waals surface area (Å²) in [7, 11) is 1.93. The summed E-state index contributed by atoms with van der Waals surface area (Å²) < 4.78 is 1.83. The van der Waals surface area contributed by atoms with Crippen molar-refractivity contribution in [2.24, 2.45) is 7.05 Å². The first-order valence-corrected chi connectivity index (χ1v) is 4.33. The molecule has 13 heavy (non-hydrogen) atoms. The predicted octanol–water partition coefficient (Wildman–Crippen LogP) is 0.841. The van der Waals surface area contributed by atoms with Crippen molar-refractivity contribution in [2.45, 2.75) is 20.4 Å². The highest BCUT2D eigenvalue weighted by Crippen LogP contribution is 2.02. The van der Waals surface area contributed by atoms with E-state index in [1.54, 1.807) is 0 Å². The summed E-state index contributed by atoms with van der Waals surface area (Å²) in [5.74, 6) is 5.80. The molecule has 3 heteroatoms. The third-order valence-electron chi connectivity index (χ3n) is 1.82. The van der Waals surface area contributed by atoms with Gasteiger partial charge in [0, 0.05) is 25.4 Å². The van der Waals surface area contributed by atoms with E-state index in [0.29, 0.717) is 0 Å². The molecule has 0 aliphatic rings. The van der Waals surface area contributed by atoms with Gasteiger partial charge in [0.1, 0.15) is 0 Å². The van der Waals surface area contributed by atoms with Crippen LogP contribution in [0.25, 0.3) is 0 Å². The Hall–Kier alpha value is -1.27. The lowest BCUT2D eigenvalue weighted by Crippen LogP contribution is -2.13. The fourth-order valence-electron chi connectivity index (χ4n) is 1.17. The Balaban J connectivity index is 2.43. The topological polar surface area (TPSA) is 29.9 Å². The summed E-state index contributed by atoms with van der Waals surface area (Å²) in [5, 5.41) is 7.48. The zero-order valence-electron chi connectivity index (χ0n) is 8.39. The molecular weight excluding hydrogens is 162 g/mol. The Morgan fingerprint density at radius 1 is 1.62 bits per heavy atom. The van der Waals surface area contributed by atoms with Crippen molar-refractivity contribution in [3.8, 4) is 11.8 Å². The number of hydrogen-bond acceptors (Lipinski definition) is 2. The van der Waals surface area contributed by atoms with Crippen molar-refractivity contribution in [3.63, 3.8) is 0 Å². The molecule has 0 bridgehead atoms. The van der Waals surface area contributed by atoms with Gasteiger partial charge in [0.2, 0.25) is 0 Å². The highest BCUT2D eigenvalue weighted by Gasteiger charge is 2.00. The van der Waals surface area contributed by atoms with E-state index in [1.165, 1.54) is 5.56 Å². The highest BCUT2D eigenvalue weighted by molar-refractivity contribution is 5.15. The van der Waals surface area contributed by atoms with Gasteiger partial charge in [-0.1, -0.05) is 5.92 Å². The van der Waals surface area contributed by atoms with E-state index in [1.807, 2.05) is 31.8 Å². The van der Waals surface area contributed by atoms with E-state index in [-0.39, 0.29) is 0 Å². The molecule has 0 aliphatic heterocycles. The van der Waals surface area contributed by atoms with Crippen LogP contribution in [-0.4, -0.2) is 16.3 Å². The third kappa shape index (κ3) is 2.92. The average Bonchev–Trinajstić information content (AvgIpc) is 2.39. The molecule has 1 heterocycles. The number of aryl methyl sites for hydroxylation is 2. The van der Waals surface area contributed by atoms with Gasteiger partial charge in [-0.15, -0.1) is 5.92 Å². The van der Waals surface area contributed by atoms with Crippen molar-refractivity contribution in [1.82, 2.24) is 15.1 Å². The van der Waals surface area contributed by atoms with E-state index >= 15 is 0 Å². The maximum atomic E-state index is 4.25. The van der Waals surface area contributed by atoms with Crippen LogP contribution in [-0.2, 0) is 13.6 Å². The van der Waals surface area contributed by atoms with Gasteiger partial charge < -0.3 is 5.32 Å². The van der Waals surface area contributed by atoms with Crippen LogP contribution in [0.15, 0.2) is 6.20 Å². The maximum Gasteiger partial charge on any atom is 0.0638 e. The molecule has 0 saturated carbocycles. The molecule has 70 valence electrons. The molecule has 0 aromatic carbocycles. The lowest BCUT2D eigenvalue weighted by atomic mass is 10.2. The first kappa shape index (κ1) is 9.82. The Bertz CT molecular complexity index is 328. The van der Waals surface area contributed by atoms with E-state index in [2.05, 4.69) is 22.3 Å². The highest BCUT2D eigenvalue weighted by atomic mass is 15.2. The molecule has 1 N–H and O–H groups in total. The minimum absolute atomic E-state index is 0.741. The number of aromatic nitrogens is 2. The van der Waals surface area contributed by atoms with Crippen LogP contribution in [0.5, 0.6) is 0 Å². The molecule has 3 nitrogen and oxygen atoms in total. The third-order valence-corrected chi connectivity index (χ3v) is 1.82. The van der Waals surface area contributed by atoms with Gasteiger partial charge in [0.25, 0.3) is 0 Å². The first-order chi connectivity index (χ1) is 6.24. The first-order valence-electron chi connectivity index (χ1n) is 4.33. The van der Waals surface area contributed by atoms with E-state index < -0.39 is 0 Å². The molecule has 1 rings (SSSR count). The van der Waals surface area contributed by atoms with Gasteiger partial charge >= 0.3 is 0 Å². The minimum Gasteiger partial charge on any atom is -0.302 e. The summed E-state index contributed by atoms with van der Waals surface area (Å²) >= 11 is 0. The van der Waals surface area contributed by atoms with Crippen molar-refractivity contribution in [2.75, 3.05) is 6.54 Å². The van der Waals surface area contributed by atoms with Crippen LogP contribution in [0.3, 0.4) is 0 Å². The standard InChI is InChI=1S/C10H15N3/c1-4-5-6-11-7-10-8-13(3)12-9(10)2/h8,11H,6-7H2,1-3H3. The molecule has 0 spiro atoms. The predicted molar refractivity (Wildman–Crippen MR) is 53.1 cm³/mol. The second kappa shape index (κ2) is 4.68. The fourth-order valence-corrected chi connectivity index (χ4v) is 1.17. The summed E-state index contributed by atoms with van der Waals surface area (Å²) in [6.07, 6.45) is 2.03. The fraction of sp³-hybridized carbons (Fsp3) is 0.500. The molecule has 1 aromatic rings. The molecule has 0 atom stereocenters. The lowest BCUT2D eigenvalue weighted by molar-refractivity contribution is 0.753. The van der Waals surface area contributed by atoms with E-state index in [4.69, 9.17) is 0 Å². The van der Waals surface area contributed by atoms with Crippen LogP contribution < -0.4 is 5.32 Å². The average molecular weight is 177 g/mol. The van der Waals surface area contributed by atoms with E-state index in [0.717, 1.165) is 18.8 Å². The van der Waals surface area contributed by atoms with Crippen molar-refractivity contribution in [3.05, 3.63) is 17.5 Å². The number of rotatable bonds is 3. The van der Waals surface area contributed by atoms with Gasteiger partial charge in [-0.05, 0) is 13.8 Å². The Kier molecular flexibility index (Phi) is 3.53. The van der Waals surface area contributed by atoms with Crippen molar-refractivity contribution < 1.29 is 0 Å². The zero-order valence-corrected chi connectivity index (χ0v) is 8.39. The number of nitrogens with one attached hydrogen (secondary N) is 1. The molecule has 0 aliphatic carbocycles. The Labute approximate surface area is 79.1 Å². The smallest absolute Gasteiger partial charge is 0.0638 e. The maximum absolute atomic E-state index is 4.25. The second-order valence-corrected chi connectivity index (χ2v) is 2.94. The summed E-state index contributed by atoms with van der Waals surface area (Å²) in [5.41, 5.74) is 2.32. The lowest BCUT2D eigenvalue weighted by Gasteiger charge is -1.97. The summed E-state index contributed by atoms with van der Waals surface area (Å²) in [6.45, 7) is 5.44.